The lowest BCUT2D eigenvalue weighted by molar-refractivity contribution is -0.187. The number of alkyl halides is 3. The fourth-order valence-electron chi connectivity index (χ4n) is 5.12. The Morgan fingerprint density at radius 2 is 1.72 bits per heavy atom. The molecule has 1 amide bonds. The van der Waals surface area contributed by atoms with Crippen molar-refractivity contribution < 1.29 is 27.4 Å². The fourth-order valence-corrected chi connectivity index (χ4v) is 5.12. The normalized spacial score (nSPS) is 23.4. The highest BCUT2D eigenvalue weighted by Gasteiger charge is 2.45. The van der Waals surface area contributed by atoms with Gasteiger partial charge in [0.25, 0.3) is 0 Å². The lowest BCUT2D eigenvalue weighted by atomic mass is 9.79. The number of carbonyl (C=O) groups excluding carboxylic acids is 1. The predicted molar refractivity (Wildman–Crippen MR) is 115 cm³/mol. The molecule has 7 heteroatoms. The van der Waals surface area contributed by atoms with Crippen molar-refractivity contribution in [2.45, 2.75) is 44.3 Å². The van der Waals surface area contributed by atoms with E-state index in [1.807, 2.05) is 42.5 Å². The van der Waals surface area contributed by atoms with Crippen molar-refractivity contribution in [1.82, 2.24) is 4.90 Å². The zero-order valence-corrected chi connectivity index (χ0v) is 18.3. The zero-order valence-electron chi connectivity index (χ0n) is 18.3. The van der Waals surface area contributed by atoms with Gasteiger partial charge in [0.2, 0.25) is 5.91 Å². The third kappa shape index (κ3) is 4.30. The van der Waals surface area contributed by atoms with Crippen LogP contribution in [0, 0.1) is 11.8 Å². The maximum Gasteiger partial charge on any atom is 0.391 e. The molecule has 1 saturated carbocycles. The monoisotopic (exact) mass is 447 g/mol. The molecule has 0 bridgehead atoms. The Kier molecular flexibility index (Phi) is 6.35. The van der Waals surface area contributed by atoms with Crippen molar-refractivity contribution in [3.63, 3.8) is 0 Å². The van der Waals surface area contributed by atoms with Gasteiger partial charge in [0.05, 0.1) is 26.2 Å². The number of hydrogen-bond acceptors (Lipinski definition) is 3. The number of nitrogens with zero attached hydrogens (tertiary/aromatic N) is 1. The minimum Gasteiger partial charge on any atom is -0.493 e. The van der Waals surface area contributed by atoms with E-state index in [2.05, 4.69) is 0 Å². The van der Waals surface area contributed by atoms with Crippen LogP contribution in [0.25, 0.3) is 0 Å². The van der Waals surface area contributed by atoms with Crippen LogP contribution < -0.4 is 9.47 Å². The van der Waals surface area contributed by atoms with Crippen LogP contribution in [-0.4, -0.2) is 37.7 Å². The Morgan fingerprint density at radius 3 is 2.38 bits per heavy atom. The van der Waals surface area contributed by atoms with Crippen LogP contribution in [0.1, 0.15) is 48.4 Å². The number of ether oxygens (including phenoxy) is 2. The molecule has 172 valence electrons. The molecule has 2 aromatic carbocycles. The average Bonchev–Trinajstić information content (AvgIpc) is 2.82. The summed E-state index contributed by atoms with van der Waals surface area (Å²) >= 11 is 0. The Hall–Kier alpha value is -2.70. The molecule has 4 nitrogen and oxygen atoms in total. The first-order valence-electron chi connectivity index (χ1n) is 11.0. The molecule has 1 aliphatic heterocycles. The molecular formula is C25H28F3NO3. The van der Waals surface area contributed by atoms with Crippen molar-refractivity contribution >= 4 is 5.91 Å². The minimum atomic E-state index is -4.25. The number of benzene rings is 2. The van der Waals surface area contributed by atoms with Crippen LogP contribution in [-0.2, 0) is 11.2 Å². The van der Waals surface area contributed by atoms with Crippen LogP contribution in [0.15, 0.2) is 42.5 Å². The second kappa shape index (κ2) is 9.04. The van der Waals surface area contributed by atoms with Crippen LogP contribution >= 0.6 is 0 Å². The number of hydrogen-bond donors (Lipinski definition) is 0. The van der Waals surface area contributed by atoms with Crippen LogP contribution in [0.5, 0.6) is 11.5 Å². The molecule has 4 rings (SSSR count). The van der Waals surface area contributed by atoms with Crippen LogP contribution in [0.3, 0.4) is 0 Å². The summed E-state index contributed by atoms with van der Waals surface area (Å²) in [7, 11) is 3.14. The van der Waals surface area contributed by atoms with E-state index in [-0.39, 0.29) is 24.8 Å². The summed E-state index contributed by atoms with van der Waals surface area (Å²) in [6, 6.07) is 13.1. The molecule has 0 saturated heterocycles. The van der Waals surface area contributed by atoms with Gasteiger partial charge in [-0.05, 0) is 54.5 Å². The first kappa shape index (κ1) is 22.5. The van der Waals surface area contributed by atoms with E-state index in [9.17, 15) is 18.0 Å². The number of amides is 1. The highest BCUT2D eigenvalue weighted by molar-refractivity contribution is 5.80. The van der Waals surface area contributed by atoms with Gasteiger partial charge >= 0.3 is 6.18 Å². The summed E-state index contributed by atoms with van der Waals surface area (Å²) in [5.41, 5.74) is 2.91. The van der Waals surface area contributed by atoms with Gasteiger partial charge in [-0.25, -0.2) is 0 Å². The summed E-state index contributed by atoms with van der Waals surface area (Å²) in [4.78, 5) is 15.4. The molecule has 1 aliphatic carbocycles. The Bertz CT molecular complexity index is 961. The standard InChI is InChI=1S/C25H28F3NO3/c1-31-21-14-17-11-12-29(24(30)18-9-6-10-19(13-18)25(26,27)28)23(16-7-4-3-5-8-16)20(17)15-22(21)32-2/h3-5,7-8,14-15,18-19,23H,6,9-13H2,1-2H3. The van der Waals surface area contributed by atoms with E-state index in [4.69, 9.17) is 9.47 Å². The van der Waals surface area contributed by atoms with Gasteiger partial charge in [0, 0.05) is 12.5 Å². The largest absolute Gasteiger partial charge is 0.493 e. The SMILES string of the molecule is COc1cc2c(cc1OC)C(c1ccccc1)N(C(=O)C1CCCC(C(F)(F)F)C1)CC2. The molecule has 2 aromatic rings. The minimum absolute atomic E-state index is 0.106. The second-order valence-corrected chi connectivity index (χ2v) is 8.60. The maximum absolute atomic E-state index is 13.6. The Morgan fingerprint density at radius 1 is 1.03 bits per heavy atom. The summed E-state index contributed by atoms with van der Waals surface area (Å²) in [5.74, 6) is -1.01. The van der Waals surface area contributed by atoms with E-state index < -0.39 is 18.0 Å². The quantitative estimate of drug-likeness (QED) is 0.617. The molecular weight excluding hydrogens is 419 g/mol. The molecule has 0 radical (unpaired) electrons. The van der Waals surface area contributed by atoms with Crippen molar-refractivity contribution in [2.24, 2.45) is 11.8 Å². The predicted octanol–water partition coefficient (Wildman–Crippen LogP) is 5.55. The third-order valence-corrected chi connectivity index (χ3v) is 6.76. The molecule has 0 N–H and O–H groups in total. The first-order chi connectivity index (χ1) is 15.3. The van der Waals surface area contributed by atoms with Gasteiger partial charge in [-0.2, -0.15) is 13.2 Å². The van der Waals surface area contributed by atoms with E-state index >= 15 is 0 Å². The third-order valence-electron chi connectivity index (χ3n) is 6.76. The van der Waals surface area contributed by atoms with E-state index in [0.717, 1.165) is 16.7 Å². The Balaban J connectivity index is 1.72. The second-order valence-electron chi connectivity index (χ2n) is 8.60. The maximum atomic E-state index is 13.6. The Labute approximate surface area is 186 Å². The highest BCUT2D eigenvalue weighted by atomic mass is 19.4. The summed E-state index contributed by atoms with van der Waals surface area (Å²) < 4.78 is 51.0. The van der Waals surface area contributed by atoms with Crippen molar-refractivity contribution in [1.29, 1.82) is 0 Å². The van der Waals surface area contributed by atoms with E-state index in [1.165, 1.54) is 0 Å². The fraction of sp³-hybridized carbons (Fsp3) is 0.480. The van der Waals surface area contributed by atoms with Gasteiger partial charge in [0.15, 0.2) is 11.5 Å². The molecule has 3 unspecified atom stereocenters. The van der Waals surface area contributed by atoms with Gasteiger partial charge in [-0.15, -0.1) is 0 Å². The number of methoxy groups -OCH3 is 2. The molecule has 3 atom stereocenters. The number of rotatable bonds is 4. The van der Waals surface area contributed by atoms with Crippen molar-refractivity contribution in [3.05, 3.63) is 59.2 Å². The van der Waals surface area contributed by atoms with Crippen molar-refractivity contribution in [2.75, 3.05) is 20.8 Å². The molecule has 0 spiro atoms. The van der Waals surface area contributed by atoms with E-state index in [0.29, 0.717) is 37.3 Å². The van der Waals surface area contributed by atoms with Gasteiger partial charge in [-0.3, -0.25) is 4.79 Å². The lowest BCUT2D eigenvalue weighted by Crippen LogP contribution is -2.45. The number of halogens is 3. The van der Waals surface area contributed by atoms with Gasteiger partial charge in [0.1, 0.15) is 0 Å². The average molecular weight is 447 g/mol. The molecule has 0 aromatic heterocycles. The lowest BCUT2D eigenvalue weighted by Gasteiger charge is -2.41. The smallest absolute Gasteiger partial charge is 0.391 e. The highest BCUT2D eigenvalue weighted by Crippen LogP contribution is 2.44. The molecule has 1 fully saturated rings. The number of carbonyl (C=O) groups is 1. The molecule has 32 heavy (non-hydrogen) atoms. The summed E-state index contributed by atoms with van der Waals surface area (Å²) in [6.07, 6.45) is -2.74. The van der Waals surface area contributed by atoms with E-state index in [1.54, 1.807) is 19.1 Å². The number of fused-ring (bicyclic) bond motifs is 1. The summed E-state index contributed by atoms with van der Waals surface area (Å²) in [5, 5.41) is 0. The topological polar surface area (TPSA) is 38.8 Å². The first-order valence-corrected chi connectivity index (χ1v) is 11.0. The molecule has 1 heterocycles. The van der Waals surface area contributed by atoms with Gasteiger partial charge in [-0.1, -0.05) is 36.8 Å². The zero-order chi connectivity index (χ0) is 22.9. The van der Waals surface area contributed by atoms with Crippen LogP contribution in [0.4, 0.5) is 13.2 Å². The van der Waals surface area contributed by atoms with Crippen molar-refractivity contribution in [3.8, 4) is 11.5 Å². The van der Waals surface area contributed by atoms with Crippen LogP contribution in [0.2, 0.25) is 0 Å². The molecule has 2 aliphatic rings. The van der Waals surface area contributed by atoms with Gasteiger partial charge < -0.3 is 14.4 Å². The summed E-state index contributed by atoms with van der Waals surface area (Å²) in [6.45, 7) is 0.452.